The lowest BCUT2D eigenvalue weighted by atomic mass is 9.89. The van der Waals surface area contributed by atoms with Crippen LogP contribution in [0.25, 0.3) is 0 Å². The SMILES string of the molecule is O=C(O)[C@@H]1CCCC[C@H]1P(c1ccccc1)c1ccccc1. The molecule has 0 saturated heterocycles. The quantitative estimate of drug-likeness (QED) is 0.873. The van der Waals surface area contributed by atoms with Crippen LogP contribution >= 0.6 is 7.92 Å². The molecule has 22 heavy (non-hydrogen) atoms. The standard InChI is InChI=1S/C19H21O2P/c20-19(21)17-13-7-8-14-18(17)22(15-9-3-1-4-10-15)16-11-5-2-6-12-16/h1-6,9-12,17-18H,7-8,13-14H2,(H,20,21)/t17-,18-/m1/s1. The van der Waals surface area contributed by atoms with Crippen molar-refractivity contribution in [2.24, 2.45) is 5.92 Å². The first-order valence-electron chi connectivity index (χ1n) is 7.89. The van der Waals surface area contributed by atoms with Gasteiger partial charge in [0.25, 0.3) is 0 Å². The fourth-order valence-corrected chi connectivity index (χ4v) is 6.55. The molecule has 3 rings (SSSR count). The number of hydrogen-bond acceptors (Lipinski definition) is 1. The number of carboxylic acid groups (broad SMARTS) is 1. The zero-order valence-electron chi connectivity index (χ0n) is 12.6. The Labute approximate surface area is 132 Å². The zero-order valence-corrected chi connectivity index (χ0v) is 13.5. The molecule has 2 aromatic carbocycles. The Kier molecular flexibility index (Phi) is 4.90. The van der Waals surface area contributed by atoms with Gasteiger partial charge in [-0.1, -0.05) is 73.5 Å². The van der Waals surface area contributed by atoms with E-state index in [2.05, 4.69) is 48.5 Å². The highest BCUT2D eigenvalue weighted by atomic mass is 31.1. The normalized spacial score (nSPS) is 21.7. The monoisotopic (exact) mass is 312 g/mol. The molecule has 0 amide bonds. The van der Waals surface area contributed by atoms with Crippen LogP contribution in [0.3, 0.4) is 0 Å². The summed E-state index contributed by atoms with van der Waals surface area (Å²) in [5.74, 6) is -0.829. The maximum Gasteiger partial charge on any atom is 0.307 e. The van der Waals surface area contributed by atoms with E-state index in [1.165, 1.54) is 10.6 Å². The summed E-state index contributed by atoms with van der Waals surface area (Å²) in [5.41, 5.74) is 0.242. The summed E-state index contributed by atoms with van der Waals surface area (Å²) in [5, 5.41) is 12.2. The second-order valence-corrected chi connectivity index (χ2v) is 8.27. The van der Waals surface area contributed by atoms with Gasteiger partial charge in [-0.3, -0.25) is 4.79 Å². The summed E-state index contributed by atoms with van der Waals surface area (Å²) in [6.45, 7) is 0. The van der Waals surface area contributed by atoms with Crippen LogP contribution in [0.1, 0.15) is 25.7 Å². The molecule has 0 spiro atoms. The fourth-order valence-electron chi connectivity index (χ4n) is 3.42. The maximum atomic E-state index is 11.7. The highest BCUT2D eigenvalue weighted by Crippen LogP contribution is 2.48. The molecular weight excluding hydrogens is 291 g/mol. The second-order valence-electron chi connectivity index (χ2n) is 5.84. The Morgan fingerprint density at radius 1 is 0.864 bits per heavy atom. The predicted molar refractivity (Wildman–Crippen MR) is 92.5 cm³/mol. The van der Waals surface area contributed by atoms with E-state index in [0.29, 0.717) is 0 Å². The summed E-state index contributed by atoms with van der Waals surface area (Å²) in [6, 6.07) is 20.9. The van der Waals surface area contributed by atoms with Gasteiger partial charge < -0.3 is 5.11 Å². The highest BCUT2D eigenvalue weighted by Gasteiger charge is 2.37. The summed E-state index contributed by atoms with van der Waals surface area (Å²) >= 11 is 0. The number of aliphatic carboxylic acids is 1. The van der Waals surface area contributed by atoms with Crippen molar-refractivity contribution in [3.63, 3.8) is 0 Å². The molecule has 0 radical (unpaired) electrons. The number of rotatable bonds is 4. The van der Waals surface area contributed by atoms with Gasteiger partial charge in [-0.15, -0.1) is 0 Å². The lowest BCUT2D eigenvalue weighted by Gasteiger charge is -2.36. The minimum Gasteiger partial charge on any atom is -0.481 e. The summed E-state index contributed by atoms with van der Waals surface area (Å²) < 4.78 is 0. The fraction of sp³-hybridized carbons (Fsp3) is 0.316. The van der Waals surface area contributed by atoms with E-state index in [4.69, 9.17) is 0 Å². The molecular formula is C19H21O2P. The number of carboxylic acids is 1. The molecule has 1 aliphatic rings. The molecule has 2 nitrogen and oxygen atoms in total. The predicted octanol–water partition coefficient (Wildman–Crippen LogP) is 3.76. The Morgan fingerprint density at radius 3 is 1.86 bits per heavy atom. The lowest BCUT2D eigenvalue weighted by molar-refractivity contribution is -0.142. The van der Waals surface area contributed by atoms with E-state index in [-0.39, 0.29) is 11.6 Å². The van der Waals surface area contributed by atoms with Crippen molar-refractivity contribution >= 4 is 24.5 Å². The molecule has 1 fully saturated rings. The van der Waals surface area contributed by atoms with Gasteiger partial charge in [0, 0.05) is 5.66 Å². The summed E-state index contributed by atoms with van der Waals surface area (Å²) in [4.78, 5) is 11.7. The molecule has 3 heteroatoms. The Hall–Kier alpha value is -1.66. The molecule has 114 valence electrons. The first kappa shape index (κ1) is 15.2. The van der Waals surface area contributed by atoms with Crippen molar-refractivity contribution in [3.05, 3.63) is 60.7 Å². The summed E-state index contributed by atoms with van der Waals surface area (Å²) in [7, 11) is -0.622. The van der Waals surface area contributed by atoms with Crippen LogP contribution in [0.15, 0.2) is 60.7 Å². The average molecular weight is 312 g/mol. The number of hydrogen-bond donors (Lipinski definition) is 1. The van der Waals surface area contributed by atoms with Gasteiger partial charge in [-0.25, -0.2) is 0 Å². The van der Waals surface area contributed by atoms with Crippen LogP contribution in [0, 0.1) is 5.92 Å². The van der Waals surface area contributed by atoms with Gasteiger partial charge in [0.1, 0.15) is 0 Å². The van der Waals surface area contributed by atoms with Gasteiger partial charge >= 0.3 is 5.97 Å². The number of carbonyl (C=O) groups is 1. The Bertz CT molecular complexity index is 572. The van der Waals surface area contributed by atoms with Gasteiger partial charge in [0.05, 0.1) is 5.92 Å². The maximum absolute atomic E-state index is 11.7. The topological polar surface area (TPSA) is 37.3 Å². The van der Waals surface area contributed by atoms with Crippen molar-refractivity contribution in [2.75, 3.05) is 0 Å². The molecule has 0 aliphatic heterocycles. The minimum atomic E-state index is -0.622. The van der Waals surface area contributed by atoms with Crippen LogP contribution in [-0.4, -0.2) is 16.7 Å². The first-order valence-corrected chi connectivity index (χ1v) is 9.30. The summed E-state index contributed by atoms with van der Waals surface area (Å²) in [6.07, 6.45) is 4.03. The van der Waals surface area contributed by atoms with Crippen LogP contribution in [0.2, 0.25) is 0 Å². The average Bonchev–Trinajstić information content (AvgIpc) is 2.57. The second kappa shape index (κ2) is 7.07. The van der Waals surface area contributed by atoms with E-state index >= 15 is 0 Å². The molecule has 1 aliphatic carbocycles. The zero-order chi connectivity index (χ0) is 15.4. The smallest absolute Gasteiger partial charge is 0.307 e. The first-order chi connectivity index (χ1) is 10.8. The molecule has 0 aromatic heterocycles. The van der Waals surface area contributed by atoms with Gasteiger partial charge in [0.2, 0.25) is 0 Å². The van der Waals surface area contributed by atoms with E-state index in [1.54, 1.807) is 0 Å². The van der Waals surface area contributed by atoms with Crippen LogP contribution < -0.4 is 10.6 Å². The van der Waals surface area contributed by atoms with Gasteiger partial charge in [0.15, 0.2) is 0 Å². The molecule has 1 N–H and O–H groups in total. The molecule has 0 heterocycles. The number of benzene rings is 2. The third-order valence-corrected chi connectivity index (χ3v) is 7.44. The molecule has 2 atom stereocenters. The minimum absolute atomic E-state index is 0.208. The van der Waals surface area contributed by atoms with Crippen LogP contribution in [-0.2, 0) is 4.79 Å². The molecule has 2 aromatic rings. The lowest BCUT2D eigenvalue weighted by Crippen LogP contribution is -2.35. The van der Waals surface area contributed by atoms with Crippen molar-refractivity contribution in [2.45, 2.75) is 31.3 Å². The van der Waals surface area contributed by atoms with Crippen molar-refractivity contribution in [1.82, 2.24) is 0 Å². The Morgan fingerprint density at radius 2 is 1.36 bits per heavy atom. The van der Waals surface area contributed by atoms with E-state index < -0.39 is 13.9 Å². The van der Waals surface area contributed by atoms with Crippen molar-refractivity contribution in [1.29, 1.82) is 0 Å². The Balaban J connectivity index is 2.03. The van der Waals surface area contributed by atoms with Crippen molar-refractivity contribution < 1.29 is 9.90 Å². The highest BCUT2D eigenvalue weighted by molar-refractivity contribution is 7.73. The van der Waals surface area contributed by atoms with Gasteiger partial charge in [-0.05, 0) is 31.4 Å². The van der Waals surface area contributed by atoms with E-state index in [0.717, 1.165) is 25.7 Å². The van der Waals surface area contributed by atoms with E-state index in [1.807, 2.05) is 12.1 Å². The van der Waals surface area contributed by atoms with Crippen LogP contribution in [0.5, 0.6) is 0 Å². The largest absolute Gasteiger partial charge is 0.481 e. The van der Waals surface area contributed by atoms with Crippen molar-refractivity contribution in [3.8, 4) is 0 Å². The molecule has 1 saturated carbocycles. The molecule has 0 unspecified atom stereocenters. The van der Waals surface area contributed by atoms with E-state index in [9.17, 15) is 9.90 Å². The third kappa shape index (κ3) is 3.23. The third-order valence-electron chi connectivity index (χ3n) is 4.45. The molecule has 0 bridgehead atoms. The van der Waals surface area contributed by atoms with Crippen LogP contribution in [0.4, 0.5) is 0 Å². The van der Waals surface area contributed by atoms with Gasteiger partial charge in [-0.2, -0.15) is 0 Å².